The number of nitrogens with one attached hydrogen (secondary N) is 1. The summed E-state index contributed by atoms with van der Waals surface area (Å²) in [6.45, 7) is 3.61. The second kappa shape index (κ2) is 8.39. The van der Waals surface area contributed by atoms with Gasteiger partial charge >= 0.3 is 6.72 Å². The van der Waals surface area contributed by atoms with Crippen molar-refractivity contribution in [3.63, 3.8) is 0 Å². The number of hydrazine groups is 2. The Kier molecular flexibility index (Phi) is 6.78. The lowest BCUT2D eigenvalue weighted by Crippen LogP contribution is -2.40. The summed E-state index contributed by atoms with van der Waals surface area (Å²) in [6.07, 6.45) is 5.38. The van der Waals surface area contributed by atoms with Crippen LogP contribution in [0.25, 0.3) is 0 Å². The molecule has 0 aromatic carbocycles. The lowest BCUT2D eigenvalue weighted by atomic mass is 10.5. The molecule has 11 heteroatoms. The normalized spacial score (nSPS) is 15.2. The van der Waals surface area contributed by atoms with Gasteiger partial charge in [0.1, 0.15) is 0 Å². The van der Waals surface area contributed by atoms with Gasteiger partial charge in [-0.05, 0) is 38.8 Å². The van der Waals surface area contributed by atoms with E-state index in [0.717, 1.165) is 5.70 Å². The van der Waals surface area contributed by atoms with E-state index in [4.69, 9.17) is 25.5 Å². The first-order valence-corrected chi connectivity index (χ1v) is 10.8. The molecule has 0 unspecified atom stereocenters. The van der Waals surface area contributed by atoms with Crippen molar-refractivity contribution < 1.29 is 13.7 Å². The Hall–Kier alpha value is -0.740. The smallest absolute Gasteiger partial charge is 0.308 e. The molecule has 2 rings (SSSR count). The van der Waals surface area contributed by atoms with Gasteiger partial charge in [0.25, 0.3) is 0 Å². The van der Waals surface area contributed by atoms with Crippen LogP contribution in [0, 0.1) is 0 Å². The first kappa shape index (κ1) is 18.6. The highest BCUT2D eigenvalue weighted by Gasteiger charge is 2.28. The quantitative estimate of drug-likeness (QED) is 0.415. The van der Waals surface area contributed by atoms with Crippen LogP contribution in [0.4, 0.5) is 5.82 Å². The van der Waals surface area contributed by atoms with E-state index in [1.165, 1.54) is 16.9 Å². The Labute approximate surface area is 145 Å². The van der Waals surface area contributed by atoms with Crippen molar-refractivity contribution in [2.75, 3.05) is 24.5 Å². The molecular formula is C12H20N5O3PS2. The summed E-state index contributed by atoms with van der Waals surface area (Å²) < 4.78 is 16.6. The average molecular weight is 377 g/mol. The van der Waals surface area contributed by atoms with E-state index in [0.29, 0.717) is 24.2 Å². The fourth-order valence-electron chi connectivity index (χ4n) is 1.77. The van der Waals surface area contributed by atoms with Crippen LogP contribution in [0.1, 0.15) is 20.8 Å². The maximum atomic E-state index is 5.70. The van der Waals surface area contributed by atoms with Crippen LogP contribution >= 0.6 is 18.5 Å². The Morgan fingerprint density at radius 2 is 2.04 bits per heavy atom. The lowest BCUT2D eigenvalue weighted by Gasteiger charge is -2.26. The summed E-state index contributed by atoms with van der Waals surface area (Å²) in [5.74, 6) is 0.699. The highest BCUT2D eigenvalue weighted by atomic mass is 32.5. The molecule has 0 saturated carbocycles. The van der Waals surface area contributed by atoms with Gasteiger partial charge in [-0.1, -0.05) is 11.8 Å². The van der Waals surface area contributed by atoms with Crippen LogP contribution < -0.4 is 10.5 Å². The van der Waals surface area contributed by atoms with E-state index in [-0.39, 0.29) is 0 Å². The maximum Gasteiger partial charge on any atom is 0.350 e. The van der Waals surface area contributed by atoms with Crippen molar-refractivity contribution in [3.8, 4) is 0 Å². The van der Waals surface area contributed by atoms with Gasteiger partial charge in [-0.25, -0.2) is 15.0 Å². The number of allylic oxidation sites excluding steroid dienone is 1. The predicted octanol–water partition coefficient (Wildman–Crippen LogP) is 2.83. The monoisotopic (exact) mass is 377 g/mol. The van der Waals surface area contributed by atoms with Crippen molar-refractivity contribution in [3.05, 3.63) is 24.2 Å². The Balaban J connectivity index is 2.10. The highest BCUT2D eigenvalue weighted by Crippen LogP contribution is 2.50. The molecule has 0 fully saturated rings. The van der Waals surface area contributed by atoms with Crippen LogP contribution in [-0.2, 0) is 25.5 Å². The topological polar surface area (TPSA) is 72.0 Å². The molecule has 0 saturated heterocycles. The van der Waals surface area contributed by atoms with Gasteiger partial charge in [0.2, 0.25) is 0 Å². The molecule has 1 aliphatic heterocycles. The Morgan fingerprint density at radius 1 is 1.35 bits per heavy atom. The molecule has 1 N–H and O–H groups in total. The van der Waals surface area contributed by atoms with E-state index < -0.39 is 6.72 Å². The molecule has 0 bridgehead atoms. The molecule has 0 atom stereocenters. The third-order valence-electron chi connectivity index (χ3n) is 2.65. The van der Waals surface area contributed by atoms with Gasteiger partial charge in [-0.3, -0.25) is 0 Å². The number of hydrogen-bond donors (Lipinski definition) is 1. The average Bonchev–Trinajstić information content (AvgIpc) is 2.87. The van der Waals surface area contributed by atoms with E-state index in [2.05, 4.69) is 15.5 Å². The molecular weight excluding hydrogens is 357 g/mol. The molecule has 8 nitrogen and oxygen atoms in total. The summed E-state index contributed by atoms with van der Waals surface area (Å²) in [6, 6.07) is 1.80. The van der Waals surface area contributed by atoms with Crippen LogP contribution in [-0.4, -0.2) is 34.6 Å². The van der Waals surface area contributed by atoms with E-state index in [1.54, 1.807) is 23.5 Å². The zero-order valence-electron chi connectivity index (χ0n) is 13.4. The third-order valence-corrected chi connectivity index (χ3v) is 5.57. The standard InChI is InChI=1S/C12H20N5O3PS2/c1-5-18-21(22,19-6-2)20-16-9-10(3)17(15-16)11-7-8-13-12(14-11)23-4/h7-9,15H,5-6H2,1-4H3. The van der Waals surface area contributed by atoms with Crippen molar-refractivity contribution in [2.24, 2.45) is 0 Å². The maximum absolute atomic E-state index is 5.70. The molecule has 0 spiro atoms. The van der Waals surface area contributed by atoms with Gasteiger partial charge < -0.3 is 9.05 Å². The van der Waals surface area contributed by atoms with Crippen LogP contribution in [0.15, 0.2) is 29.3 Å². The molecule has 0 aliphatic carbocycles. The van der Waals surface area contributed by atoms with E-state index in [9.17, 15) is 0 Å². The van der Waals surface area contributed by atoms with Gasteiger partial charge in [0, 0.05) is 12.3 Å². The van der Waals surface area contributed by atoms with E-state index in [1.807, 2.05) is 27.0 Å². The van der Waals surface area contributed by atoms with E-state index >= 15 is 0 Å². The fraction of sp³-hybridized carbons (Fsp3) is 0.500. The number of aromatic nitrogens is 2. The minimum atomic E-state index is -2.84. The minimum Gasteiger partial charge on any atom is -0.308 e. The molecule has 1 aromatic rings. The van der Waals surface area contributed by atoms with Crippen LogP contribution in [0.3, 0.4) is 0 Å². The molecule has 0 radical (unpaired) electrons. The van der Waals surface area contributed by atoms with Gasteiger partial charge in [0.15, 0.2) is 11.0 Å². The van der Waals surface area contributed by atoms with Gasteiger partial charge in [0.05, 0.1) is 25.1 Å². The summed E-state index contributed by atoms with van der Waals surface area (Å²) in [5.41, 5.74) is 3.91. The second-order valence-corrected chi connectivity index (χ2v) is 7.99. The first-order valence-electron chi connectivity index (χ1n) is 7.01. The van der Waals surface area contributed by atoms with Gasteiger partial charge in [-0.2, -0.15) is 9.80 Å². The number of thioether (sulfide) groups is 1. The zero-order chi connectivity index (χ0) is 16.9. The SMILES string of the molecule is CCOP(=S)(OCC)ON1C=C(C)N(c2ccnc(SC)n2)N1. The van der Waals surface area contributed by atoms with Crippen molar-refractivity contribution >= 4 is 36.1 Å². The Bertz CT molecular complexity index is 608. The van der Waals surface area contributed by atoms with Crippen molar-refractivity contribution in [1.29, 1.82) is 0 Å². The molecule has 23 heavy (non-hydrogen) atoms. The molecule has 0 amide bonds. The van der Waals surface area contributed by atoms with Crippen LogP contribution in [0.5, 0.6) is 0 Å². The number of rotatable bonds is 8. The van der Waals surface area contributed by atoms with Crippen molar-refractivity contribution in [2.45, 2.75) is 25.9 Å². The first-order chi connectivity index (χ1) is 11.0. The summed E-state index contributed by atoms with van der Waals surface area (Å²) in [5, 5.41) is 3.84. The third kappa shape index (κ3) is 4.87. The molecule has 1 aliphatic rings. The summed E-state index contributed by atoms with van der Waals surface area (Å²) >= 11 is 6.83. The second-order valence-electron chi connectivity index (χ2n) is 4.30. The number of nitrogens with zero attached hydrogens (tertiary/aromatic N) is 4. The molecule has 128 valence electrons. The van der Waals surface area contributed by atoms with Crippen molar-refractivity contribution in [1.82, 2.24) is 20.7 Å². The molecule has 2 heterocycles. The zero-order valence-corrected chi connectivity index (χ0v) is 16.0. The van der Waals surface area contributed by atoms with Crippen LogP contribution in [0.2, 0.25) is 0 Å². The summed E-state index contributed by atoms with van der Waals surface area (Å²) in [7, 11) is 0. The van der Waals surface area contributed by atoms with Gasteiger partial charge in [-0.15, -0.1) is 5.53 Å². The number of hydroxylamine groups is 1. The summed E-state index contributed by atoms with van der Waals surface area (Å²) in [4.78, 5) is 8.60. The predicted molar refractivity (Wildman–Crippen MR) is 93.6 cm³/mol. The largest absolute Gasteiger partial charge is 0.350 e. The lowest BCUT2D eigenvalue weighted by molar-refractivity contribution is -0.0676. The minimum absolute atomic E-state index is 0.417. The number of hydrogen-bond acceptors (Lipinski definition) is 10. The number of anilines is 1. The Morgan fingerprint density at radius 3 is 2.65 bits per heavy atom. The molecule has 1 aromatic heterocycles. The fourth-order valence-corrected chi connectivity index (χ4v) is 4.07. The highest BCUT2D eigenvalue weighted by molar-refractivity contribution is 8.07.